The Morgan fingerprint density at radius 1 is 1.36 bits per heavy atom. The first-order valence-corrected chi connectivity index (χ1v) is 4.93. The van der Waals surface area contributed by atoms with Crippen LogP contribution < -0.4 is 5.32 Å². The molecule has 0 aromatic carbocycles. The minimum atomic E-state index is 0. The molecule has 0 aliphatic carbocycles. The summed E-state index contributed by atoms with van der Waals surface area (Å²) in [5.41, 5.74) is 0. The van der Waals surface area contributed by atoms with Gasteiger partial charge in [-0.2, -0.15) is 0 Å². The largest absolute Gasteiger partial charge is 0.425 e. The highest BCUT2D eigenvalue weighted by Gasteiger charge is 2.20. The minimum Gasteiger partial charge on any atom is -0.425 e. The van der Waals surface area contributed by atoms with Crippen molar-refractivity contribution in [2.45, 2.75) is 32.1 Å². The molecule has 1 fully saturated rings. The summed E-state index contributed by atoms with van der Waals surface area (Å²) >= 11 is 0. The van der Waals surface area contributed by atoms with Crippen LogP contribution in [0.5, 0.6) is 0 Å². The zero-order valence-corrected chi connectivity index (χ0v) is 10.0. The zero-order chi connectivity index (χ0) is 9.10. The number of aryl methyl sites for hydroxylation is 1. The van der Waals surface area contributed by atoms with Crippen molar-refractivity contribution in [3.63, 3.8) is 0 Å². The smallest absolute Gasteiger partial charge is 0.219 e. The normalized spacial score (nSPS) is 17.8. The number of aromatic nitrogens is 2. The summed E-state index contributed by atoms with van der Waals surface area (Å²) in [7, 11) is 0. The number of rotatable bonds is 2. The molecular weight excluding hydrogens is 246 g/mol. The highest BCUT2D eigenvalue weighted by molar-refractivity contribution is 8.93. The standard InChI is InChI=1S/C9H15N3O.BrH/c1-2-8-11-12-9(13-8)7-3-5-10-6-4-7;/h7,10H,2-6H2,1H3;1H. The lowest BCUT2D eigenvalue weighted by Crippen LogP contribution is -2.26. The monoisotopic (exact) mass is 261 g/mol. The molecule has 1 aromatic rings. The summed E-state index contributed by atoms with van der Waals surface area (Å²) in [4.78, 5) is 0. The van der Waals surface area contributed by atoms with Gasteiger partial charge >= 0.3 is 0 Å². The number of nitrogens with one attached hydrogen (secondary N) is 1. The van der Waals surface area contributed by atoms with Gasteiger partial charge in [0.25, 0.3) is 0 Å². The number of hydrogen-bond acceptors (Lipinski definition) is 4. The van der Waals surface area contributed by atoms with Crippen LogP contribution >= 0.6 is 17.0 Å². The van der Waals surface area contributed by atoms with Crippen molar-refractivity contribution in [1.29, 1.82) is 0 Å². The van der Waals surface area contributed by atoms with Crippen LogP contribution in [0.15, 0.2) is 4.42 Å². The Morgan fingerprint density at radius 2 is 2.07 bits per heavy atom. The highest BCUT2D eigenvalue weighted by Crippen LogP contribution is 2.23. The Morgan fingerprint density at radius 3 is 2.64 bits per heavy atom. The summed E-state index contributed by atoms with van der Waals surface area (Å²) in [6, 6.07) is 0. The van der Waals surface area contributed by atoms with E-state index in [0.717, 1.165) is 44.1 Å². The number of piperidine rings is 1. The molecule has 1 aliphatic heterocycles. The Labute approximate surface area is 94.2 Å². The molecule has 0 amide bonds. The fraction of sp³-hybridized carbons (Fsp3) is 0.778. The Balaban J connectivity index is 0.000000980. The van der Waals surface area contributed by atoms with Crippen LogP contribution in [0, 0.1) is 0 Å². The third kappa shape index (κ3) is 2.54. The van der Waals surface area contributed by atoms with Crippen LogP contribution in [0.2, 0.25) is 0 Å². The first-order valence-electron chi connectivity index (χ1n) is 4.93. The van der Waals surface area contributed by atoms with Crippen molar-refractivity contribution in [3.05, 3.63) is 11.8 Å². The van der Waals surface area contributed by atoms with E-state index >= 15 is 0 Å². The molecule has 1 N–H and O–H groups in total. The van der Waals surface area contributed by atoms with Crippen LogP contribution in [-0.2, 0) is 6.42 Å². The summed E-state index contributed by atoms with van der Waals surface area (Å²) in [5, 5.41) is 11.4. The van der Waals surface area contributed by atoms with Crippen LogP contribution in [0.25, 0.3) is 0 Å². The molecular formula is C9H16BrN3O. The molecule has 4 nitrogen and oxygen atoms in total. The maximum Gasteiger partial charge on any atom is 0.219 e. The predicted octanol–water partition coefficient (Wildman–Crippen LogP) is 1.68. The number of hydrogen-bond donors (Lipinski definition) is 1. The van der Waals surface area contributed by atoms with Crippen LogP contribution in [0.4, 0.5) is 0 Å². The fourth-order valence-corrected chi connectivity index (χ4v) is 1.64. The van der Waals surface area contributed by atoms with Gasteiger partial charge in [0.2, 0.25) is 11.8 Å². The molecule has 0 saturated carbocycles. The van der Waals surface area contributed by atoms with Crippen molar-refractivity contribution in [1.82, 2.24) is 15.5 Å². The lowest BCUT2D eigenvalue weighted by Gasteiger charge is -2.18. The summed E-state index contributed by atoms with van der Waals surface area (Å²) in [5.74, 6) is 2.07. The second-order valence-corrected chi connectivity index (χ2v) is 3.41. The van der Waals surface area contributed by atoms with E-state index in [2.05, 4.69) is 15.5 Å². The summed E-state index contributed by atoms with van der Waals surface area (Å²) in [6.45, 7) is 4.16. The van der Waals surface area contributed by atoms with E-state index in [4.69, 9.17) is 4.42 Å². The first kappa shape index (κ1) is 11.7. The van der Waals surface area contributed by atoms with Gasteiger partial charge in [0.05, 0.1) is 0 Å². The van der Waals surface area contributed by atoms with Crippen molar-refractivity contribution in [2.75, 3.05) is 13.1 Å². The summed E-state index contributed by atoms with van der Waals surface area (Å²) < 4.78 is 5.52. The van der Waals surface area contributed by atoms with E-state index in [9.17, 15) is 0 Å². The molecule has 0 atom stereocenters. The molecule has 1 aromatic heterocycles. The average molecular weight is 262 g/mol. The van der Waals surface area contributed by atoms with Gasteiger partial charge in [0.1, 0.15) is 0 Å². The highest BCUT2D eigenvalue weighted by atomic mass is 79.9. The number of nitrogens with zero attached hydrogens (tertiary/aromatic N) is 2. The molecule has 0 unspecified atom stereocenters. The van der Waals surface area contributed by atoms with Crippen molar-refractivity contribution >= 4 is 17.0 Å². The molecule has 5 heteroatoms. The lowest BCUT2D eigenvalue weighted by atomic mass is 9.98. The SMILES string of the molecule is Br.CCc1nnc(C2CCNCC2)o1. The van der Waals surface area contributed by atoms with Crippen molar-refractivity contribution < 1.29 is 4.42 Å². The second-order valence-electron chi connectivity index (χ2n) is 3.41. The summed E-state index contributed by atoms with van der Waals surface area (Å²) in [6.07, 6.45) is 3.06. The van der Waals surface area contributed by atoms with Gasteiger partial charge in [-0.1, -0.05) is 6.92 Å². The second kappa shape index (κ2) is 5.46. The van der Waals surface area contributed by atoms with E-state index in [1.807, 2.05) is 6.92 Å². The molecule has 0 spiro atoms. The van der Waals surface area contributed by atoms with Gasteiger partial charge in [-0.3, -0.25) is 0 Å². The lowest BCUT2D eigenvalue weighted by molar-refractivity contribution is 0.362. The molecule has 2 heterocycles. The fourth-order valence-electron chi connectivity index (χ4n) is 1.64. The van der Waals surface area contributed by atoms with Gasteiger partial charge in [0.15, 0.2) is 0 Å². The molecule has 1 aliphatic rings. The van der Waals surface area contributed by atoms with Gasteiger partial charge in [0, 0.05) is 12.3 Å². The molecule has 1 saturated heterocycles. The predicted molar refractivity (Wildman–Crippen MR) is 58.8 cm³/mol. The van der Waals surface area contributed by atoms with Crippen molar-refractivity contribution in [3.8, 4) is 0 Å². The third-order valence-electron chi connectivity index (χ3n) is 2.47. The Hall–Kier alpha value is -0.420. The Kier molecular flexibility index (Phi) is 4.54. The topological polar surface area (TPSA) is 51.0 Å². The van der Waals surface area contributed by atoms with Gasteiger partial charge in [-0.25, -0.2) is 0 Å². The van der Waals surface area contributed by atoms with E-state index in [-0.39, 0.29) is 17.0 Å². The van der Waals surface area contributed by atoms with Gasteiger partial charge < -0.3 is 9.73 Å². The maximum absolute atomic E-state index is 5.52. The van der Waals surface area contributed by atoms with E-state index in [1.165, 1.54) is 0 Å². The molecule has 80 valence electrons. The molecule has 0 bridgehead atoms. The van der Waals surface area contributed by atoms with Crippen LogP contribution in [-0.4, -0.2) is 23.3 Å². The maximum atomic E-state index is 5.52. The quantitative estimate of drug-likeness (QED) is 0.881. The minimum absolute atomic E-state index is 0. The van der Waals surface area contributed by atoms with Gasteiger partial charge in [-0.05, 0) is 25.9 Å². The van der Waals surface area contributed by atoms with Crippen LogP contribution in [0.3, 0.4) is 0 Å². The molecule has 14 heavy (non-hydrogen) atoms. The van der Waals surface area contributed by atoms with E-state index in [0.29, 0.717) is 5.92 Å². The van der Waals surface area contributed by atoms with Gasteiger partial charge in [-0.15, -0.1) is 27.2 Å². The number of halogens is 1. The van der Waals surface area contributed by atoms with E-state index < -0.39 is 0 Å². The molecule has 0 radical (unpaired) electrons. The first-order chi connectivity index (χ1) is 6.40. The van der Waals surface area contributed by atoms with Crippen LogP contribution in [0.1, 0.15) is 37.5 Å². The molecule has 2 rings (SSSR count). The van der Waals surface area contributed by atoms with E-state index in [1.54, 1.807) is 0 Å². The zero-order valence-electron chi connectivity index (χ0n) is 8.32. The third-order valence-corrected chi connectivity index (χ3v) is 2.47. The Bertz CT molecular complexity index is 271. The van der Waals surface area contributed by atoms with Crippen molar-refractivity contribution in [2.24, 2.45) is 0 Å². The average Bonchev–Trinajstić information content (AvgIpc) is 2.67.